The smallest absolute Gasteiger partial charge is 0.161 e. The zero-order valence-corrected chi connectivity index (χ0v) is 16.5. The van der Waals surface area contributed by atoms with Gasteiger partial charge in [-0.2, -0.15) is 0 Å². The molecule has 1 heterocycles. The predicted molar refractivity (Wildman–Crippen MR) is 105 cm³/mol. The number of ether oxygens (including phenoxy) is 2. The lowest BCUT2D eigenvalue weighted by Gasteiger charge is -2.35. The Morgan fingerprint density at radius 3 is 2.46 bits per heavy atom. The summed E-state index contributed by atoms with van der Waals surface area (Å²) in [5.41, 5.74) is 2.47. The monoisotopic (exact) mass is 376 g/mol. The largest absolute Gasteiger partial charge is 0.493 e. The number of methoxy groups -OCH3 is 1. The normalized spacial score (nSPS) is 15.6. The summed E-state index contributed by atoms with van der Waals surface area (Å²) in [5.74, 6) is 1.62. The number of rotatable bonds is 7. The highest BCUT2D eigenvalue weighted by molar-refractivity contribution is 5.85. The van der Waals surface area contributed by atoms with Crippen LogP contribution in [0.3, 0.4) is 0 Å². The minimum absolute atomic E-state index is 0. The predicted octanol–water partition coefficient (Wildman–Crippen LogP) is 3.85. The van der Waals surface area contributed by atoms with Crippen LogP contribution in [-0.2, 0) is 0 Å². The molecule has 0 radical (unpaired) electrons. The van der Waals surface area contributed by atoms with E-state index in [9.17, 15) is 0 Å². The maximum absolute atomic E-state index is 5.62. The molecule has 0 amide bonds. The Morgan fingerprint density at radius 1 is 1.25 bits per heavy atom. The van der Waals surface area contributed by atoms with Gasteiger partial charge in [0.05, 0.1) is 13.7 Å². The van der Waals surface area contributed by atoms with E-state index in [4.69, 9.17) is 9.47 Å². The first-order valence-electron chi connectivity index (χ1n) is 8.05. The average Bonchev–Trinajstić information content (AvgIpc) is 2.54. The van der Waals surface area contributed by atoms with Gasteiger partial charge < -0.3 is 14.8 Å². The fraction of sp³-hybridized carbons (Fsp3) is 0.556. The molecule has 0 spiro atoms. The second kappa shape index (κ2) is 11.6. The Kier molecular flexibility index (Phi) is 11.1. The molecule has 6 heteroatoms. The molecule has 24 heavy (non-hydrogen) atoms. The number of hydrogen-bond donors (Lipinski definition) is 1. The van der Waals surface area contributed by atoms with Crippen molar-refractivity contribution in [2.24, 2.45) is 0 Å². The molecule has 0 bridgehead atoms. The van der Waals surface area contributed by atoms with Crippen LogP contribution in [0.2, 0.25) is 0 Å². The van der Waals surface area contributed by atoms with E-state index in [1.807, 2.05) is 13.0 Å². The summed E-state index contributed by atoms with van der Waals surface area (Å²) in [5, 5.41) is 3.41. The molecule has 1 aliphatic rings. The molecule has 1 aliphatic heterocycles. The van der Waals surface area contributed by atoms with Gasteiger partial charge in [0.1, 0.15) is 0 Å². The van der Waals surface area contributed by atoms with Gasteiger partial charge in [-0.15, -0.1) is 31.4 Å². The highest BCUT2D eigenvalue weighted by Crippen LogP contribution is 2.34. The van der Waals surface area contributed by atoms with Crippen molar-refractivity contribution in [2.75, 3.05) is 39.9 Å². The van der Waals surface area contributed by atoms with Crippen LogP contribution in [0.1, 0.15) is 31.9 Å². The number of nitrogens with zero attached hydrogens (tertiary/aromatic N) is 1. The van der Waals surface area contributed by atoms with Crippen LogP contribution in [0.25, 0.3) is 0 Å². The summed E-state index contributed by atoms with van der Waals surface area (Å²) in [4.78, 5) is 2.53. The fourth-order valence-corrected chi connectivity index (χ4v) is 2.95. The third kappa shape index (κ3) is 6.17. The molecular formula is C18H30Cl2N2O2. The topological polar surface area (TPSA) is 33.7 Å². The van der Waals surface area contributed by atoms with Crippen molar-refractivity contribution in [2.45, 2.75) is 26.3 Å². The van der Waals surface area contributed by atoms with Crippen LogP contribution in [0.15, 0.2) is 30.4 Å². The zero-order chi connectivity index (χ0) is 15.9. The molecule has 2 rings (SSSR count). The molecule has 0 aromatic heterocycles. The van der Waals surface area contributed by atoms with E-state index in [2.05, 4.69) is 35.9 Å². The lowest BCUT2D eigenvalue weighted by Crippen LogP contribution is -2.45. The number of benzene rings is 1. The molecule has 1 saturated heterocycles. The average molecular weight is 377 g/mol. The van der Waals surface area contributed by atoms with Crippen molar-refractivity contribution in [3.63, 3.8) is 0 Å². The van der Waals surface area contributed by atoms with Gasteiger partial charge >= 0.3 is 0 Å². The first kappa shape index (κ1) is 23.1. The molecule has 1 fully saturated rings. The van der Waals surface area contributed by atoms with Gasteiger partial charge in [0.15, 0.2) is 11.5 Å². The van der Waals surface area contributed by atoms with Crippen LogP contribution in [0.5, 0.6) is 11.5 Å². The van der Waals surface area contributed by atoms with E-state index in [0.29, 0.717) is 12.6 Å². The first-order valence-corrected chi connectivity index (χ1v) is 8.05. The van der Waals surface area contributed by atoms with Crippen molar-refractivity contribution in [1.82, 2.24) is 10.2 Å². The van der Waals surface area contributed by atoms with Gasteiger partial charge in [0, 0.05) is 32.2 Å². The van der Waals surface area contributed by atoms with Crippen LogP contribution in [0, 0.1) is 0 Å². The van der Waals surface area contributed by atoms with Gasteiger partial charge in [-0.05, 0) is 38.0 Å². The minimum atomic E-state index is 0. The van der Waals surface area contributed by atoms with Crippen molar-refractivity contribution in [1.29, 1.82) is 0 Å². The van der Waals surface area contributed by atoms with Crippen LogP contribution >= 0.6 is 24.8 Å². The van der Waals surface area contributed by atoms with Gasteiger partial charge in [-0.1, -0.05) is 11.6 Å². The summed E-state index contributed by atoms with van der Waals surface area (Å²) in [7, 11) is 1.69. The number of hydrogen-bond acceptors (Lipinski definition) is 4. The number of nitrogens with one attached hydrogen (secondary N) is 1. The van der Waals surface area contributed by atoms with Crippen molar-refractivity contribution < 1.29 is 9.47 Å². The molecule has 1 atom stereocenters. The Labute approximate surface area is 158 Å². The van der Waals surface area contributed by atoms with Gasteiger partial charge in [-0.25, -0.2) is 0 Å². The molecule has 0 saturated carbocycles. The van der Waals surface area contributed by atoms with Crippen molar-refractivity contribution >= 4 is 24.8 Å². The first-order chi connectivity index (χ1) is 10.7. The van der Waals surface area contributed by atoms with E-state index in [1.165, 1.54) is 11.1 Å². The Bertz CT molecular complexity index is 506. The van der Waals surface area contributed by atoms with E-state index >= 15 is 0 Å². The summed E-state index contributed by atoms with van der Waals surface area (Å²) in [6, 6.07) is 6.64. The summed E-state index contributed by atoms with van der Waals surface area (Å²) in [6.45, 7) is 13.0. The second-order valence-electron chi connectivity index (χ2n) is 5.81. The Morgan fingerprint density at radius 2 is 1.92 bits per heavy atom. The van der Waals surface area contributed by atoms with E-state index in [-0.39, 0.29) is 24.8 Å². The van der Waals surface area contributed by atoms with Crippen LogP contribution in [-0.4, -0.2) is 44.8 Å². The highest BCUT2D eigenvalue weighted by Gasteiger charge is 2.23. The Balaban J connectivity index is 0.00000264. The molecule has 138 valence electrons. The fourth-order valence-electron chi connectivity index (χ4n) is 2.95. The lowest BCUT2D eigenvalue weighted by atomic mass is 9.97. The van der Waals surface area contributed by atoms with Gasteiger partial charge in [-0.3, -0.25) is 4.90 Å². The number of halogens is 2. The second-order valence-corrected chi connectivity index (χ2v) is 5.81. The third-order valence-electron chi connectivity index (χ3n) is 4.01. The molecule has 1 N–H and O–H groups in total. The van der Waals surface area contributed by atoms with Crippen molar-refractivity contribution in [3.05, 3.63) is 35.9 Å². The molecule has 4 nitrogen and oxygen atoms in total. The third-order valence-corrected chi connectivity index (χ3v) is 4.01. The van der Waals surface area contributed by atoms with Gasteiger partial charge in [0.2, 0.25) is 0 Å². The standard InChI is InChI=1S/C18H28N2O2.2ClH/c1-5-22-17-7-6-15(13-18(17)21-4)16(12-14(2)3)20-10-8-19-9-11-20;;/h6-7,13,16,19H,2,5,8-12H2,1,3-4H3;2*1H/t16-;;/m1../s1. The maximum atomic E-state index is 5.62. The van der Waals surface area contributed by atoms with E-state index in [0.717, 1.165) is 44.1 Å². The molecule has 0 aliphatic carbocycles. The van der Waals surface area contributed by atoms with Crippen LogP contribution in [0.4, 0.5) is 0 Å². The van der Waals surface area contributed by atoms with Crippen molar-refractivity contribution in [3.8, 4) is 11.5 Å². The SMILES string of the molecule is C=C(C)C[C@H](c1ccc(OCC)c(OC)c1)N1CCNCC1.Cl.Cl. The highest BCUT2D eigenvalue weighted by atomic mass is 35.5. The maximum Gasteiger partial charge on any atom is 0.161 e. The summed E-state index contributed by atoms with van der Waals surface area (Å²) < 4.78 is 11.1. The molecule has 0 unspecified atom stereocenters. The molecule has 1 aromatic rings. The van der Waals surface area contributed by atoms with Gasteiger partial charge in [0.25, 0.3) is 0 Å². The van der Waals surface area contributed by atoms with E-state index < -0.39 is 0 Å². The molecule has 1 aromatic carbocycles. The van der Waals surface area contributed by atoms with Crippen LogP contribution < -0.4 is 14.8 Å². The van der Waals surface area contributed by atoms with E-state index in [1.54, 1.807) is 7.11 Å². The summed E-state index contributed by atoms with van der Waals surface area (Å²) >= 11 is 0. The minimum Gasteiger partial charge on any atom is -0.493 e. The quantitative estimate of drug-likeness (QED) is 0.732. The summed E-state index contributed by atoms with van der Waals surface area (Å²) in [6.07, 6.45) is 0.969. The zero-order valence-electron chi connectivity index (χ0n) is 14.8. The lowest BCUT2D eigenvalue weighted by molar-refractivity contribution is 0.172. The Hall–Kier alpha value is -0.940. The number of piperazine rings is 1. The molecular weight excluding hydrogens is 347 g/mol.